The van der Waals surface area contributed by atoms with Crippen LogP contribution in [0, 0.1) is 9.39 Å². The van der Waals surface area contributed by atoms with Crippen LogP contribution in [0.2, 0.25) is 0 Å². The number of hydrogen-bond donors (Lipinski definition) is 0. The number of carbonyl (C=O) groups is 1. The minimum absolute atomic E-state index is 0.0814. The molecular weight excluding hydrogens is 348 g/mol. The molecule has 1 aromatic carbocycles. The summed E-state index contributed by atoms with van der Waals surface area (Å²) in [5.74, 6) is 0.206. The molecule has 4 nitrogen and oxygen atoms in total. The molecule has 94 valence electrons. The Morgan fingerprint density at radius 3 is 2.94 bits per heavy atom. The third-order valence-corrected chi connectivity index (χ3v) is 3.44. The van der Waals surface area contributed by atoms with Crippen LogP contribution in [-0.4, -0.2) is 20.5 Å². The number of Topliss-reactive ketones (excluding diaryl/α,β-unsaturated/α-hetero) is 1. The highest BCUT2D eigenvalue weighted by Crippen LogP contribution is 2.16. The number of rotatable bonds is 4. The minimum atomic E-state index is -0.340. The number of halogens is 2. The first kappa shape index (κ1) is 13.1. The smallest absolute Gasteiger partial charge is 0.171 e. The van der Waals surface area contributed by atoms with E-state index in [1.807, 2.05) is 29.5 Å². The summed E-state index contributed by atoms with van der Waals surface area (Å²) in [6, 6.07) is 4.14. The largest absolute Gasteiger partial charge is 0.294 e. The lowest BCUT2D eigenvalue weighted by molar-refractivity contribution is 0.0988. The second-order valence-corrected chi connectivity index (χ2v) is 4.88. The summed E-state index contributed by atoms with van der Waals surface area (Å²) >= 11 is 1.96. The molecule has 2 aromatic rings. The highest BCUT2D eigenvalue weighted by molar-refractivity contribution is 14.1. The highest BCUT2D eigenvalue weighted by Gasteiger charge is 2.14. The monoisotopic (exact) mass is 359 g/mol. The molecule has 0 aliphatic heterocycles. The van der Waals surface area contributed by atoms with Crippen molar-refractivity contribution in [3.05, 3.63) is 45.3 Å². The molecule has 0 aliphatic carbocycles. The van der Waals surface area contributed by atoms with Gasteiger partial charge < -0.3 is 0 Å². The Balaban J connectivity index is 2.22. The van der Waals surface area contributed by atoms with Gasteiger partial charge in [0.25, 0.3) is 0 Å². The third-order valence-electron chi connectivity index (χ3n) is 2.55. The summed E-state index contributed by atoms with van der Waals surface area (Å²) in [5.41, 5.74) is 0.516. The Hall–Kier alpha value is -1.31. The predicted octanol–water partition coefficient (Wildman–Crippen LogP) is 2.47. The van der Waals surface area contributed by atoms with Gasteiger partial charge in [-0.05, 0) is 47.7 Å². The lowest BCUT2D eigenvalue weighted by Crippen LogP contribution is -2.12. The van der Waals surface area contributed by atoms with Crippen LogP contribution in [-0.2, 0) is 13.0 Å². The normalized spacial score (nSPS) is 10.6. The zero-order valence-electron chi connectivity index (χ0n) is 9.73. The molecule has 0 saturated carbocycles. The second-order valence-electron chi connectivity index (χ2n) is 3.72. The maximum atomic E-state index is 13.0. The van der Waals surface area contributed by atoms with Crippen LogP contribution in [0.15, 0.2) is 24.5 Å². The van der Waals surface area contributed by atoms with Crippen LogP contribution < -0.4 is 0 Å². The Labute approximate surface area is 117 Å². The van der Waals surface area contributed by atoms with E-state index >= 15 is 0 Å². The average Bonchev–Trinajstić information content (AvgIpc) is 2.76. The van der Waals surface area contributed by atoms with Crippen molar-refractivity contribution in [2.45, 2.75) is 19.9 Å². The van der Waals surface area contributed by atoms with E-state index < -0.39 is 0 Å². The molecule has 0 amide bonds. The van der Waals surface area contributed by atoms with Gasteiger partial charge in [0.05, 0.1) is 6.42 Å². The molecule has 2 rings (SSSR count). The molecule has 1 aromatic heterocycles. The first-order chi connectivity index (χ1) is 8.61. The van der Waals surface area contributed by atoms with Gasteiger partial charge in [0.2, 0.25) is 0 Å². The van der Waals surface area contributed by atoms with E-state index in [9.17, 15) is 9.18 Å². The number of carbonyl (C=O) groups excluding carboxylic acids is 1. The molecule has 0 unspecified atom stereocenters. The van der Waals surface area contributed by atoms with E-state index in [2.05, 4.69) is 10.1 Å². The molecule has 6 heteroatoms. The van der Waals surface area contributed by atoms with Gasteiger partial charge in [0.15, 0.2) is 5.78 Å². The third kappa shape index (κ3) is 2.74. The number of benzene rings is 1. The number of nitrogens with zero attached hydrogens (tertiary/aromatic N) is 3. The number of aromatic nitrogens is 3. The zero-order chi connectivity index (χ0) is 13.1. The second kappa shape index (κ2) is 5.55. The topological polar surface area (TPSA) is 47.8 Å². The van der Waals surface area contributed by atoms with Crippen LogP contribution in [0.4, 0.5) is 4.39 Å². The lowest BCUT2D eigenvalue weighted by Gasteiger charge is -2.04. The molecule has 18 heavy (non-hydrogen) atoms. The summed E-state index contributed by atoms with van der Waals surface area (Å²) in [4.78, 5) is 16.2. The predicted molar refractivity (Wildman–Crippen MR) is 72.8 cm³/mol. The SMILES string of the molecule is CCn1ncnc1CC(=O)c1ccc(F)cc1I. The Morgan fingerprint density at radius 1 is 1.50 bits per heavy atom. The van der Waals surface area contributed by atoms with Gasteiger partial charge in [-0.25, -0.2) is 14.1 Å². The first-order valence-corrected chi connectivity index (χ1v) is 6.54. The molecule has 0 N–H and O–H groups in total. The van der Waals surface area contributed by atoms with Crippen molar-refractivity contribution in [1.29, 1.82) is 0 Å². The quantitative estimate of drug-likeness (QED) is 0.623. The van der Waals surface area contributed by atoms with Crippen molar-refractivity contribution in [3.8, 4) is 0 Å². The van der Waals surface area contributed by atoms with E-state index in [1.54, 1.807) is 4.68 Å². The fraction of sp³-hybridized carbons (Fsp3) is 0.250. The zero-order valence-corrected chi connectivity index (χ0v) is 11.9. The fourth-order valence-electron chi connectivity index (χ4n) is 1.64. The summed E-state index contributed by atoms with van der Waals surface area (Å²) in [6.07, 6.45) is 1.61. The van der Waals surface area contributed by atoms with Crippen molar-refractivity contribution < 1.29 is 9.18 Å². The molecule has 0 bridgehead atoms. The van der Waals surface area contributed by atoms with Crippen molar-refractivity contribution in [3.63, 3.8) is 0 Å². The molecule has 0 aliphatic rings. The van der Waals surface area contributed by atoms with Gasteiger partial charge in [-0.15, -0.1) is 0 Å². The van der Waals surface area contributed by atoms with Gasteiger partial charge in [0.1, 0.15) is 18.0 Å². The Kier molecular flexibility index (Phi) is 4.05. The number of aryl methyl sites for hydroxylation is 1. The van der Waals surface area contributed by atoms with Crippen LogP contribution >= 0.6 is 22.6 Å². The van der Waals surface area contributed by atoms with Gasteiger partial charge in [-0.3, -0.25) is 4.79 Å². The van der Waals surface area contributed by atoms with Crippen LogP contribution in [0.5, 0.6) is 0 Å². The van der Waals surface area contributed by atoms with Crippen LogP contribution in [0.25, 0.3) is 0 Å². The van der Waals surface area contributed by atoms with E-state index in [0.29, 0.717) is 21.5 Å². The molecule has 0 atom stereocenters. The fourth-order valence-corrected chi connectivity index (χ4v) is 2.42. The first-order valence-electron chi connectivity index (χ1n) is 5.46. The number of ketones is 1. The summed E-state index contributed by atoms with van der Waals surface area (Å²) < 4.78 is 15.3. The van der Waals surface area contributed by atoms with Gasteiger partial charge in [0, 0.05) is 15.7 Å². The standard InChI is InChI=1S/C12H11FIN3O/c1-2-17-12(15-7-16-17)6-11(18)9-4-3-8(13)5-10(9)14/h3-5,7H,2,6H2,1H3. The van der Waals surface area contributed by atoms with E-state index in [0.717, 1.165) is 0 Å². The van der Waals surface area contributed by atoms with E-state index in [4.69, 9.17) is 0 Å². The lowest BCUT2D eigenvalue weighted by atomic mass is 10.1. The van der Waals surface area contributed by atoms with Crippen molar-refractivity contribution in [2.75, 3.05) is 0 Å². The van der Waals surface area contributed by atoms with Crippen molar-refractivity contribution >= 4 is 28.4 Å². The van der Waals surface area contributed by atoms with Crippen LogP contribution in [0.1, 0.15) is 23.1 Å². The van der Waals surface area contributed by atoms with Crippen molar-refractivity contribution in [2.24, 2.45) is 0 Å². The minimum Gasteiger partial charge on any atom is -0.294 e. The average molecular weight is 359 g/mol. The van der Waals surface area contributed by atoms with Gasteiger partial charge >= 0.3 is 0 Å². The molecule has 1 heterocycles. The van der Waals surface area contributed by atoms with Crippen LogP contribution in [0.3, 0.4) is 0 Å². The van der Waals surface area contributed by atoms with Crippen molar-refractivity contribution in [1.82, 2.24) is 14.8 Å². The van der Waals surface area contributed by atoms with E-state index in [-0.39, 0.29) is 18.0 Å². The summed E-state index contributed by atoms with van der Waals surface area (Å²) in [6.45, 7) is 2.60. The number of hydrogen-bond acceptors (Lipinski definition) is 3. The Bertz CT molecular complexity index is 582. The summed E-state index contributed by atoms with van der Waals surface area (Å²) in [7, 11) is 0. The molecule has 0 saturated heterocycles. The highest BCUT2D eigenvalue weighted by atomic mass is 127. The molecule has 0 radical (unpaired) electrons. The molecular formula is C12H11FIN3O. The maximum absolute atomic E-state index is 13.0. The Morgan fingerprint density at radius 2 is 2.28 bits per heavy atom. The van der Waals surface area contributed by atoms with Gasteiger partial charge in [-0.1, -0.05) is 0 Å². The summed E-state index contributed by atoms with van der Waals surface area (Å²) in [5, 5.41) is 4.01. The van der Waals surface area contributed by atoms with E-state index in [1.165, 1.54) is 24.5 Å². The van der Waals surface area contributed by atoms with Gasteiger partial charge in [-0.2, -0.15) is 5.10 Å². The molecule has 0 spiro atoms. The maximum Gasteiger partial charge on any atom is 0.171 e. The molecule has 0 fully saturated rings.